The highest BCUT2D eigenvalue weighted by Gasteiger charge is 1.89. The molecule has 0 aliphatic heterocycles. The van der Waals surface area contributed by atoms with Crippen LogP contribution in [0.2, 0.25) is 0 Å². The molecule has 0 N–H and O–H groups in total. The van der Waals surface area contributed by atoms with E-state index in [0.717, 1.165) is 6.42 Å². The fraction of sp³-hybridized carbons (Fsp3) is 1.00. The molecule has 0 aromatic rings. The molecule has 0 aliphatic carbocycles. The summed E-state index contributed by atoms with van der Waals surface area (Å²) in [7, 11) is 0. The molecule has 0 fully saturated rings. The van der Waals surface area contributed by atoms with E-state index in [0.29, 0.717) is 5.38 Å². The Bertz CT molecular complexity index is 28.7. The van der Waals surface area contributed by atoms with Crippen LogP contribution >= 0.6 is 34.2 Å². The van der Waals surface area contributed by atoms with Gasteiger partial charge in [0.15, 0.2) is 0 Å². The number of alkyl halides is 2. The van der Waals surface area contributed by atoms with Crippen molar-refractivity contribution in [3.8, 4) is 0 Å². The van der Waals surface area contributed by atoms with Gasteiger partial charge in [-0.3, -0.25) is 0 Å². The Hall–Kier alpha value is 1.02. The first-order chi connectivity index (χ1) is 2.77. The van der Waals surface area contributed by atoms with Gasteiger partial charge in [-0.25, -0.2) is 0 Å². The third-order valence-electron chi connectivity index (χ3n) is 0.507. The Balaban J connectivity index is 2.63. The summed E-state index contributed by atoms with van der Waals surface area (Å²) < 4.78 is 1.17. The summed E-state index contributed by atoms with van der Waals surface area (Å²) in [5.41, 5.74) is 0. The summed E-state index contributed by atoms with van der Waals surface area (Å²) in [5, 5.41) is 0.363. The van der Waals surface area contributed by atoms with E-state index < -0.39 is 0 Å². The Morgan fingerprint density at radius 1 is 1.83 bits per heavy atom. The van der Waals surface area contributed by atoms with Crippen LogP contribution in [0.25, 0.3) is 0 Å². The van der Waals surface area contributed by atoms with Crippen LogP contribution in [0.1, 0.15) is 13.3 Å². The lowest BCUT2D eigenvalue weighted by atomic mass is 10.4. The van der Waals surface area contributed by atoms with Gasteiger partial charge in [0.25, 0.3) is 0 Å². The molecule has 0 radical (unpaired) electrons. The molecule has 38 valence electrons. The average molecular weight is 218 g/mol. The molecule has 0 saturated carbocycles. The van der Waals surface area contributed by atoms with Crippen molar-refractivity contribution < 1.29 is 0 Å². The van der Waals surface area contributed by atoms with Gasteiger partial charge in [-0.1, -0.05) is 22.6 Å². The Labute approximate surface area is 57.4 Å². The third kappa shape index (κ3) is 5.02. The highest BCUT2D eigenvalue weighted by Crippen LogP contribution is 2.01. The number of halogens is 2. The van der Waals surface area contributed by atoms with Crippen LogP contribution in [-0.4, -0.2) is 9.80 Å². The fourth-order valence-electron chi connectivity index (χ4n) is 0.150. The van der Waals surface area contributed by atoms with Gasteiger partial charge in [0.2, 0.25) is 0 Å². The molecule has 0 saturated heterocycles. The summed E-state index contributed by atoms with van der Waals surface area (Å²) in [5.74, 6) is 0. The standard InChI is InChI=1S/C4H8ClI/c1-4(5)2-3-6/h4H,2-3H2,1H3. The van der Waals surface area contributed by atoms with Gasteiger partial charge < -0.3 is 0 Å². The predicted octanol–water partition coefficient (Wildman–Crippen LogP) is 2.44. The number of hydrogen-bond acceptors (Lipinski definition) is 0. The van der Waals surface area contributed by atoms with Crippen molar-refractivity contribution in [1.82, 2.24) is 0 Å². The molecule has 0 rings (SSSR count). The minimum Gasteiger partial charge on any atom is -0.123 e. The minimum atomic E-state index is 0.363. The van der Waals surface area contributed by atoms with Crippen molar-refractivity contribution >= 4 is 34.2 Å². The first kappa shape index (κ1) is 7.02. The lowest BCUT2D eigenvalue weighted by molar-refractivity contribution is 0.917. The molecular weight excluding hydrogens is 210 g/mol. The zero-order chi connectivity index (χ0) is 4.99. The second-order valence-electron chi connectivity index (χ2n) is 1.26. The topological polar surface area (TPSA) is 0 Å². The van der Waals surface area contributed by atoms with Gasteiger partial charge in [-0.2, -0.15) is 0 Å². The van der Waals surface area contributed by atoms with Gasteiger partial charge in [0.05, 0.1) is 0 Å². The van der Waals surface area contributed by atoms with Crippen LogP contribution in [0.5, 0.6) is 0 Å². The van der Waals surface area contributed by atoms with Gasteiger partial charge in [0.1, 0.15) is 0 Å². The summed E-state index contributed by atoms with van der Waals surface area (Å²) in [6.45, 7) is 2.01. The summed E-state index contributed by atoms with van der Waals surface area (Å²) in [6, 6.07) is 0. The van der Waals surface area contributed by atoms with Crippen LogP contribution in [0, 0.1) is 0 Å². The zero-order valence-electron chi connectivity index (χ0n) is 3.75. The molecule has 0 amide bonds. The molecule has 0 aliphatic rings. The van der Waals surface area contributed by atoms with E-state index in [-0.39, 0.29) is 0 Å². The molecular formula is C4H8ClI. The van der Waals surface area contributed by atoms with Crippen LogP contribution in [0.15, 0.2) is 0 Å². The predicted molar refractivity (Wildman–Crippen MR) is 38.8 cm³/mol. The van der Waals surface area contributed by atoms with Gasteiger partial charge >= 0.3 is 0 Å². The zero-order valence-corrected chi connectivity index (χ0v) is 6.66. The monoisotopic (exact) mass is 218 g/mol. The molecule has 1 atom stereocenters. The summed E-state index contributed by atoms with van der Waals surface area (Å²) in [6.07, 6.45) is 1.13. The summed E-state index contributed by atoms with van der Waals surface area (Å²) in [4.78, 5) is 0. The van der Waals surface area contributed by atoms with Crippen LogP contribution in [0.3, 0.4) is 0 Å². The van der Waals surface area contributed by atoms with Gasteiger partial charge in [0, 0.05) is 9.80 Å². The van der Waals surface area contributed by atoms with Gasteiger partial charge in [-0.15, -0.1) is 11.6 Å². The van der Waals surface area contributed by atoms with E-state index in [2.05, 4.69) is 22.6 Å². The molecule has 6 heavy (non-hydrogen) atoms. The Kier molecular flexibility index (Phi) is 4.90. The smallest absolute Gasteiger partial charge is 0.0315 e. The SMILES string of the molecule is CC(Cl)CCI. The van der Waals surface area contributed by atoms with E-state index in [9.17, 15) is 0 Å². The maximum absolute atomic E-state index is 5.57. The van der Waals surface area contributed by atoms with Crippen LogP contribution in [-0.2, 0) is 0 Å². The second kappa shape index (κ2) is 4.19. The second-order valence-corrected chi connectivity index (χ2v) is 3.08. The Morgan fingerprint density at radius 3 is 2.33 bits per heavy atom. The average Bonchev–Trinajstić information content (AvgIpc) is 1.35. The fourth-order valence-corrected chi connectivity index (χ4v) is 1.56. The van der Waals surface area contributed by atoms with E-state index in [4.69, 9.17) is 11.6 Å². The quantitative estimate of drug-likeness (QED) is 0.493. The molecule has 0 bridgehead atoms. The minimum absolute atomic E-state index is 0.363. The van der Waals surface area contributed by atoms with Crippen LogP contribution in [0.4, 0.5) is 0 Å². The van der Waals surface area contributed by atoms with Crippen molar-refractivity contribution in [2.75, 3.05) is 4.43 Å². The lowest BCUT2D eigenvalue weighted by Crippen LogP contribution is -1.88. The van der Waals surface area contributed by atoms with E-state index in [1.54, 1.807) is 0 Å². The van der Waals surface area contributed by atoms with Crippen molar-refractivity contribution in [3.05, 3.63) is 0 Å². The Morgan fingerprint density at radius 2 is 2.33 bits per heavy atom. The van der Waals surface area contributed by atoms with Crippen molar-refractivity contribution in [2.45, 2.75) is 18.7 Å². The van der Waals surface area contributed by atoms with E-state index >= 15 is 0 Å². The third-order valence-corrected chi connectivity index (χ3v) is 1.35. The van der Waals surface area contributed by atoms with Crippen molar-refractivity contribution in [3.63, 3.8) is 0 Å². The number of rotatable bonds is 2. The normalized spacial score (nSPS) is 14.5. The first-order valence-corrected chi connectivity index (χ1v) is 3.93. The maximum atomic E-state index is 5.57. The highest BCUT2D eigenvalue weighted by atomic mass is 127. The summed E-state index contributed by atoms with van der Waals surface area (Å²) >= 11 is 7.89. The maximum Gasteiger partial charge on any atom is 0.0315 e. The van der Waals surface area contributed by atoms with E-state index in [1.807, 2.05) is 6.92 Å². The van der Waals surface area contributed by atoms with Crippen LogP contribution < -0.4 is 0 Å². The lowest BCUT2D eigenvalue weighted by Gasteiger charge is -1.92. The molecule has 0 nitrogen and oxygen atoms in total. The van der Waals surface area contributed by atoms with Crippen molar-refractivity contribution in [1.29, 1.82) is 0 Å². The van der Waals surface area contributed by atoms with Crippen molar-refractivity contribution in [2.24, 2.45) is 0 Å². The molecule has 0 aromatic heterocycles. The largest absolute Gasteiger partial charge is 0.123 e. The highest BCUT2D eigenvalue weighted by molar-refractivity contribution is 14.1. The first-order valence-electron chi connectivity index (χ1n) is 1.97. The molecule has 0 spiro atoms. The molecule has 0 heterocycles. The number of hydrogen-bond donors (Lipinski definition) is 0. The molecule has 1 unspecified atom stereocenters. The molecule has 2 heteroatoms. The van der Waals surface area contributed by atoms with Gasteiger partial charge in [-0.05, 0) is 13.3 Å². The van der Waals surface area contributed by atoms with E-state index in [1.165, 1.54) is 4.43 Å². The molecule has 0 aromatic carbocycles.